The SMILES string of the molecule is CN(Cc1ccccc1Cl)c1ccc(N)c2ccncc12. The monoisotopic (exact) mass is 297 g/mol. The van der Waals surface area contributed by atoms with E-state index in [1.165, 1.54) is 0 Å². The number of hydrogen-bond acceptors (Lipinski definition) is 3. The molecule has 21 heavy (non-hydrogen) atoms. The zero-order chi connectivity index (χ0) is 14.8. The molecule has 0 atom stereocenters. The number of aromatic nitrogens is 1. The van der Waals surface area contributed by atoms with Gasteiger partial charge in [0.05, 0.1) is 0 Å². The fourth-order valence-electron chi connectivity index (χ4n) is 2.50. The lowest BCUT2D eigenvalue weighted by Crippen LogP contribution is -2.17. The second-order valence-electron chi connectivity index (χ2n) is 5.04. The summed E-state index contributed by atoms with van der Waals surface area (Å²) in [6.07, 6.45) is 3.61. The summed E-state index contributed by atoms with van der Waals surface area (Å²) in [4.78, 5) is 6.37. The molecule has 1 aromatic heterocycles. The first-order chi connectivity index (χ1) is 10.2. The van der Waals surface area contributed by atoms with Crippen LogP contribution >= 0.6 is 11.6 Å². The van der Waals surface area contributed by atoms with E-state index < -0.39 is 0 Å². The van der Waals surface area contributed by atoms with E-state index in [1.807, 2.05) is 55.7 Å². The second-order valence-corrected chi connectivity index (χ2v) is 5.45. The molecule has 3 aromatic rings. The predicted molar refractivity (Wildman–Crippen MR) is 89.7 cm³/mol. The van der Waals surface area contributed by atoms with E-state index in [0.717, 1.165) is 39.3 Å². The van der Waals surface area contributed by atoms with E-state index in [4.69, 9.17) is 17.3 Å². The Bertz CT molecular complexity index is 786. The molecule has 3 rings (SSSR count). The average Bonchev–Trinajstić information content (AvgIpc) is 2.50. The standard InChI is InChI=1S/C17H16ClN3/c1-21(11-12-4-2-3-5-15(12)18)17-7-6-16(19)13-8-9-20-10-14(13)17/h2-10H,11,19H2,1H3. The molecule has 0 aliphatic heterocycles. The fraction of sp³-hybridized carbons (Fsp3) is 0.118. The van der Waals surface area contributed by atoms with Crippen molar-refractivity contribution in [1.82, 2.24) is 4.98 Å². The van der Waals surface area contributed by atoms with E-state index in [9.17, 15) is 0 Å². The summed E-state index contributed by atoms with van der Waals surface area (Å²) in [6, 6.07) is 13.8. The van der Waals surface area contributed by atoms with Crippen molar-refractivity contribution in [3.63, 3.8) is 0 Å². The van der Waals surface area contributed by atoms with Gasteiger partial charge in [-0.25, -0.2) is 0 Å². The molecule has 106 valence electrons. The molecule has 0 aliphatic carbocycles. The van der Waals surface area contributed by atoms with E-state index in [-0.39, 0.29) is 0 Å². The molecule has 0 fully saturated rings. The highest BCUT2D eigenvalue weighted by Crippen LogP contribution is 2.31. The van der Waals surface area contributed by atoms with Gasteiger partial charge in [-0.2, -0.15) is 0 Å². The van der Waals surface area contributed by atoms with Crippen LogP contribution in [0.2, 0.25) is 5.02 Å². The van der Waals surface area contributed by atoms with Gasteiger partial charge in [0, 0.05) is 53.2 Å². The van der Waals surface area contributed by atoms with Gasteiger partial charge in [0.25, 0.3) is 0 Å². The van der Waals surface area contributed by atoms with Gasteiger partial charge in [0.2, 0.25) is 0 Å². The number of pyridine rings is 1. The Labute approximate surface area is 129 Å². The third-order valence-electron chi connectivity index (χ3n) is 3.61. The van der Waals surface area contributed by atoms with Crippen LogP contribution in [-0.4, -0.2) is 12.0 Å². The molecule has 0 aliphatic rings. The molecule has 0 radical (unpaired) electrons. The zero-order valence-corrected chi connectivity index (χ0v) is 12.5. The minimum atomic E-state index is 0.730. The lowest BCUT2D eigenvalue weighted by Gasteiger charge is -2.22. The molecular formula is C17H16ClN3. The van der Waals surface area contributed by atoms with Crippen molar-refractivity contribution in [3.05, 3.63) is 65.4 Å². The molecular weight excluding hydrogens is 282 g/mol. The normalized spacial score (nSPS) is 10.8. The van der Waals surface area contributed by atoms with Crippen LogP contribution in [0.15, 0.2) is 54.9 Å². The summed E-state index contributed by atoms with van der Waals surface area (Å²) in [5.41, 5.74) is 8.98. The van der Waals surface area contributed by atoms with Crippen molar-refractivity contribution in [2.45, 2.75) is 6.54 Å². The second kappa shape index (κ2) is 5.62. The maximum atomic E-state index is 6.24. The molecule has 4 heteroatoms. The number of benzene rings is 2. The molecule has 1 heterocycles. The van der Waals surface area contributed by atoms with Gasteiger partial charge in [-0.05, 0) is 29.8 Å². The average molecular weight is 298 g/mol. The van der Waals surface area contributed by atoms with E-state index >= 15 is 0 Å². The topological polar surface area (TPSA) is 42.1 Å². The van der Waals surface area contributed by atoms with Gasteiger partial charge >= 0.3 is 0 Å². The van der Waals surface area contributed by atoms with Gasteiger partial charge in [0.15, 0.2) is 0 Å². The molecule has 3 nitrogen and oxygen atoms in total. The maximum Gasteiger partial charge on any atom is 0.0463 e. The van der Waals surface area contributed by atoms with Gasteiger partial charge in [0.1, 0.15) is 0 Å². The van der Waals surface area contributed by atoms with Crippen LogP contribution in [0, 0.1) is 0 Å². The van der Waals surface area contributed by atoms with Gasteiger partial charge < -0.3 is 10.6 Å². The Morgan fingerprint density at radius 2 is 1.90 bits per heavy atom. The minimum Gasteiger partial charge on any atom is -0.398 e. The van der Waals surface area contributed by atoms with Crippen LogP contribution in [0.4, 0.5) is 11.4 Å². The van der Waals surface area contributed by atoms with Crippen LogP contribution in [0.25, 0.3) is 10.8 Å². The first-order valence-electron chi connectivity index (χ1n) is 6.73. The number of nitrogens with zero attached hydrogens (tertiary/aromatic N) is 2. The molecule has 0 unspecified atom stereocenters. The highest BCUT2D eigenvalue weighted by molar-refractivity contribution is 6.31. The minimum absolute atomic E-state index is 0.730. The van der Waals surface area contributed by atoms with Crippen LogP contribution in [0.3, 0.4) is 0 Å². The van der Waals surface area contributed by atoms with E-state index in [0.29, 0.717) is 0 Å². The van der Waals surface area contributed by atoms with Gasteiger partial charge in [-0.3, -0.25) is 4.98 Å². The fourth-order valence-corrected chi connectivity index (χ4v) is 2.69. The van der Waals surface area contributed by atoms with Crippen LogP contribution in [-0.2, 0) is 6.54 Å². The zero-order valence-electron chi connectivity index (χ0n) is 11.8. The van der Waals surface area contributed by atoms with Crippen molar-refractivity contribution >= 4 is 33.7 Å². The summed E-state index contributed by atoms with van der Waals surface area (Å²) in [5.74, 6) is 0. The van der Waals surface area contributed by atoms with Crippen molar-refractivity contribution in [2.24, 2.45) is 0 Å². The first-order valence-corrected chi connectivity index (χ1v) is 7.11. The predicted octanol–water partition coefficient (Wildman–Crippen LogP) is 4.11. The molecule has 2 aromatic carbocycles. The Morgan fingerprint density at radius 1 is 1.10 bits per heavy atom. The highest BCUT2D eigenvalue weighted by Gasteiger charge is 2.10. The molecule has 0 saturated heterocycles. The van der Waals surface area contributed by atoms with Crippen molar-refractivity contribution < 1.29 is 0 Å². The lowest BCUT2D eigenvalue weighted by molar-refractivity contribution is 0.928. The Morgan fingerprint density at radius 3 is 2.71 bits per heavy atom. The largest absolute Gasteiger partial charge is 0.398 e. The summed E-state index contributed by atoms with van der Waals surface area (Å²) < 4.78 is 0. The number of halogens is 1. The van der Waals surface area contributed by atoms with Crippen LogP contribution in [0.5, 0.6) is 0 Å². The first kappa shape index (κ1) is 13.7. The Balaban J connectivity index is 2.01. The third-order valence-corrected chi connectivity index (χ3v) is 3.97. The van der Waals surface area contributed by atoms with Crippen LogP contribution in [0.1, 0.15) is 5.56 Å². The summed E-state index contributed by atoms with van der Waals surface area (Å²) >= 11 is 6.24. The maximum absolute atomic E-state index is 6.24. The van der Waals surface area contributed by atoms with Gasteiger partial charge in [-0.15, -0.1) is 0 Å². The number of hydrogen-bond donors (Lipinski definition) is 1. The summed E-state index contributed by atoms with van der Waals surface area (Å²) in [7, 11) is 2.04. The number of anilines is 2. The molecule has 2 N–H and O–H groups in total. The third kappa shape index (κ3) is 2.65. The molecule has 0 amide bonds. The quantitative estimate of drug-likeness (QED) is 0.740. The van der Waals surface area contributed by atoms with Crippen molar-refractivity contribution in [2.75, 3.05) is 17.7 Å². The van der Waals surface area contributed by atoms with Crippen molar-refractivity contribution in [3.8, 4) is 0 Å². The molecule has 0 bridgehead atoms. The van der Waals surface area contributed by atoms with E-state index in [2.05, 4.69) is 9.88 Å². The summed E-state index contributed by atoms with van der Waals surface area (Å²) in [5, 5.41) is 2.85. The van der Waals surface area contributed by atoms with Crippen molar-refractivity contribution in [1.29, 1.82) is 0 Å². The van der Waals surface area contributed by atoms with Crippen LogP contribution < -0.4 is 10.6 Å². The lowest BCUT2D eigenvalue weighted by atomic mass is 10.1. The smallest absolute Gasteiger partial charge is 0.0463 e. The summed E-state index contributed by atoms with van der Waals surface area (Å²) in [6.45, 7) is 0.730. The van der Waals surface area contributed by atoms with E-state index in [1.54, 1.807) is 6.20 Å². The number of nitrogen functional groups attached to an aromatic ring is 1. The Hall–Kier alpha value is -2.26. The highest BCUT2D eigenvalue weighted by atomic mass is 35.5. The number of nitrogens with two attached hydrogens (primary N) is 1. The number of rotatable bonds is 3. The molecule has 0 spiro atoms. The Kier molecular flexibility index (Phi) is 3.67. The van der Waals surface area contributed by atoms with Gasteiger partial charge in [-0.1, -0.05) is 29.8 Å². The molecule has 0 saturated carbocycles. The number of fused-ring (bicyclic) bond motifs is 1.